The van der Waals surface area contributed by atoms with Crippen LogP contribution in [0.25, 0.3) is 0 Å². The zero-order valence-electron chi connectivity index (χ0n) is 15.9. The minimum absolute atomic E-state index is 0.132. The molecular weight excluding hydrogens is 374 g/mol. The number of carbonyl (C=O) groups is 2. The highest BCUT2D eigenvalue weighted by atomic mass is 35.5. The van der Waals surface area contributed by atoms with E-state index in [4.69, 9.17) is 17.3 Å². The monoisotopic (exact) mass is 399 g/mol. The predicted octanol–water partition coefficient (Wildman–Crippen LogP) is 3.50. The van der Waals surface area contributed by atoms with Gasteiger partial charge in [0.05, 0.1) is 10.7 Å². The molecule has 3 rings (SSSR count). The lowest BCUT2D eigenvalue weighted by atomic mass is 10.1. The molecule has 148 valence electrons. The second-order valence-corrected chi connectivity index (χ2v) is 7.51. The third kappa shape index (κ3) is 5.26. The van der Waals surface area contributed by atoms with Gasteiger partial charge in [-0.3, -0.25) is 9.59 Å². The first-order valence-electron chi connectivity index (χ1n) is 9.70. The molecule has 1 aliphatic rings. The van der Waals surface area contributed by atoms with Crippen molar-refractivity contribution in [3.05, 3.63) is 64.7 Å². The van der Waals surface area contributed by atoms with E-state index in [0.29, 0.717) is 30.1 Å². The van der Waals surface area contributed by atoms with Crippen LogP contribution < -0.4 is 10.6 Å². The van der Waals surface area contributed by atoms with Gasteiger partial charge in [-0.1, -0.05) is 41.9 Å². The molecule has 2 aromatic carbocycles. The van der Waals surface area contributed by atoms with E-state index in [2.05, 4.69) is 4.90 Å². The quantitative estimate of drug-likeness (QED) is 0.738. The van der Waals surface area contributed by atoms with Gasteiger partial charge in [-0.15, -0.1) is 0 Å². The summed E-state index contributed by atoms with van der Waals surface area (Å²) >= 11 is 6.47. The Morgan fingerprint density at radius 3 is 2.39 bits per heavy atom. The van der Waals surface area contributed by atoms with Crippen molar-refractivity contribution in [2.24, 2.45) is 5.73 Å². The molecule has 2 amide bonds. The molecule has 0 unspecified atom stereocenters. The maximum Gasteiger partial charge on any atom is 0.253 e. The molecule has 0 radical (unpaired) electrons. The molecule has 0 saturated carbocycles. The number of hydrogen-bond donors (Lipinski definition) is 1. The molecule has 0 spiro atoms. The molecule has 1 aliphatic heterocycles. The van der Waals surface area contributed by atoms with Crippen molar-refractivity contribution in [2.75, 3.05) is 31.1 Å². The topological polar surface area (TPSA) is 66.6 Å². The van der Waals surface area contributed by atoms with Gasteiger partial charge >= 0.3 is 0 Å². The number of anilines is 1. The van der Waals surface area contributed by atoms with Gasteiger partial charge in [-0.05, 0) is 43.0 Å². The Kier molecular flexibility index (Phi) is 6.93. The number of nitrogens with two attached hydrogens (primary N) is 1. The molecule has 2 aromatic rings. The second-order valence-electron chi connectivity index (χ2n) is 7.10. The number of carbonyl (C=O) groups excluding carboxylic acids is 2. The lowest BCUT2D eigenvalue weighted by Crippen LogP contribution is -2.35. The predicted molar refractivity (Wildman–Crippen MR) is 113 cm³/mol. The van der Waals surface area contributed by atoms with Crippen molar-refractivity contribution >= 4 is 29.1 Å². The average molecular weight is 400 g/mol. The molecular formula is C22H26ClN3O2. The third-order valence-electron chi connectivity index (χ3n) is 5.07. The molecule has 1 saturated heterocycles. The first-order valence-corrected chi connectivity index (χ1v) is 10.1. The number of benzene rings is 2. The summed E-state index contributed by atoms with van der Waals surface area (Å²) in [6.07, 6.45) is 3.18. The van der Waals surface area contributed by atoms with Crippen LogP contribution in [0.4, 0.5) is 5.69 Å². The first-order chi connectivity index (χ1) is 13.5. The van der Waals surface area contributed by atoms with Gasteiger partial charge in [0.2, 0.25) is 5.91 Å². The summed E-state index contributed by atoms with van der Waals surface area (Å²) in [6, 6.07) is 15.4. The SMILES string of the molecule is NC(=O)CCN(CCc1ccccc1)C(=O)c1ccc(N2CCCC2)c(Cl)c1. The zero-order valence-corrected chi connectivity index (χ0v) is 16.7. The molecule has 2 N–H and O–H groups in total. The maximum atomic E-state index is 13.1. The first kappa shape index (κ1) is 20.2. The Morgan fingerprint density at radius 1 is 1.04 bits per heavy atom. The molecule has 6 heteroatoms. The Bertz CT molecular complexity index is 820. The van der Waals surface area contributed by atoms with Gasteiger partial charge in [0, 0.05) is 38.2 Å². The highest BCUT2D eigenvalue weighted by Gasteiger charge is 2.20. The molecule has 5 nitrogen and oxygen atoms in total. The van der Waals surface area contributed by atoms with Crippen molar-refractivity contribution < 1.29 is 9.59 Å². The number of primary amides is 1. The van der Waals surface area contributed by atoms with Crippen molar-refractivity contribution in [1.82, 2.24) is 4.90 Å². The summed E-state index contributed by atoms with van der Waals surface area (Å²) in [7, 11) is 0. The van der Waals surface area contributed by atoms with Crippen LogP contribution in [0.15, 0.2) is 48.5 Å². The van der Waals surface area contributed by atoms with Crippen LogP contribution in [0.2, 0.25) is 5.02 Å². The molecule has 0 aromatic heterocycles. The van der Waals surface area contributed by atoms with Crippen molar-refractivity contribution in [2.45, 2.75) is 25.7 Å². The number of amides is 2. The number of nitrogens with zero attached hydrogens (tertiary/aromatic N) is 2. The Morgan fingerprint density at radius 2 is 1.75 bits per heavy atom. The van der Waals surface area contributed by atoms with Crippen LogP contribution in [-0.2, 0) is 11.2 Å². The smallest absolute Gasteiger partial charge is 0.253 e. The molecule has 0 aliphatic carbocycles. The van der Waals surface area contributed by atoms with Crippen LogP contribution in [-0.4, -0.2) is 42.9 Å². The maximum absolute atomic E-state index is 13.1. The number of hydrogen-bond acceptors (Lipinski definition) is 3. The Balaban J connectivity index is 1.73. The highest BCUT2D eigenvalue weighted by molar-refractivity contribution is 6.33. The van der Waals surface area contributed by atoms with E-state index in [1.165, 1.54) is 0 Å². The summed E-state index contributed by atoms with van der Waals surface area (Å²) in [5.41, 5.74) is 7.95. The van der Waals surface area contributed by atoms with Gasteiger partial charge < -0.3 is 15.5 Å². The lowest BCUT2D eigenvalue weighted by Gasteiger charge is -2.24. The van der Waals surface area contributed by atoms with E-state index in [9.17, 15) is 9.59 Å². The second kappa shape index (κ2) is 9.60. The van der Waals surface area contributed by atoms with Gasteiger partial charge in [-0.25, -0.2) is 0 Å². The van der Waals surface area contributed by atoms with E-state index < -0.39 is 5.91 Å². The summed E-state index contributed by atoms with van der Waals surface area (Å²) in [5.74, 6) is -0.549. The highest BCUT2D eigenvalue weighted by Crippen LogP contribution is 2.30. The summed E-state index contributed by atoms with van der Waals surface area (Å²) < 4.78 is 0. The summed E-state index contributed by atoms with van der Waals surface area (Å²) in [4.78, 5) is 28.2. The minimum atomic E-state index is -0.417. The largest absolute Gasteiger partial charge is 0.370 e. The van der Waals surface area contributed by atoms with Gasteiger partial charge in [0.1, 0.15) is 0 Å². The minimum Gasteiger partial charge on any atom is -0.370 e. The van der Waals surface area contributed by atoms with E-state index >= 15 is 0 Å². The third-order valence-corrected chi connectivity index (χ3v) is 5.37. The molecule has 0 bridgehead atoms. The number of rotatable bonds is 8. The Hall–Kier alpha value is -2.53. The van der Waals surface area contributed by atoms with Crippen LogP contribution in [0.1, 0.15) is 35.2 Å². The average Bonchev–Trinajstić information content (AvgIpc) is 3.22. The van der Waals surface area contributed by atoms with Crippen LogP contribution in [0, 0.1) is 0 Å². The van der Waals surface area contributed by atoms with Gasteiger partial charge in [0.25, 0.3) is 5.91 Å². The van der Waals surface area contributed by atoms with E-state index in [1.807, 2.05) is 42.5 Å². The van der Waals surface area contributed by atoms with Crippen molar-refractivity contribution in [1.29, 1.82) is 0 Å². The van der Waals surface area contributed by atoms with Crippen LogP contribution in [0.5, 0.6) is 0 Å². The summed E-state index contributed by atoms with van der Waals surface area (Å²) in [5, 5.41) is 0.589. The fourth-order valence-corrected chi connectivity index (χ4v) is 3.81. The molecule has 0 atom stereocenters. The molecule has 1 heterocycles. The summed E-state index contributed by atoms with van der Waals surface area (Å²) in [6.45, 7) is 2.80. The number of halogens is 1. The standard InChI is InChI=1S/C22H26ClN3O2/c23-19-16-18(8-9-20(19)25-12-4-5-13-25)22(28)26(15-11-21(24)27)14-10-17-6-2-1-3-7-17/h1-3,6-9,16H,4-5,10-15H2,(H2,24,27). The van der Waals surface area contributed by atoms with E-state index in [1.54, 1.807) is 11.0 Å². The van der Waals surface area contributed by atoms with Crippen molar-refractivity contribution in [3.63, 3.8) is 0 Å². The zero-order chi connectivity index (χ0) is 19.9. The van der Waals surface area contributed by atoms with Crippen molar-refractivity contribution in [3.8, 4) is 0 Å². The van der Waals surface area contributed by atoms with E-state index in [0.717, 1.165) is 37.2 Å². The fourth-order valence-electron chi connectivity index (χ4n) is 3.51. The van der Waals surface area contributed by atoms with Crippen LogP contribution >= 0.6 is 11.6 Å². The lowest BCUT2D eigenvalue weighted by molar-refractivity contribution is -0.118. The normalized spacial score (nSPS) is 13.5. The van der Waals surface area contributed by atoms with Gasteiger partial charge in [-0.2, -0.15) is 0 Å². The molecule has 1 fully saturated rings. The van der Waals surface area contributed by atoms with Gasteiger partial charge in [0.15, 0.2) is 0 Å². The fraction of sp³-hybridized carbons (Fsp3) is 0.364. The Labute approximate surface area is 171 Å². The van der Waals surface area contributed by atoms with E-state index in [-0.39, 0.29) is 12.3 Å². The van der Waals surface area contributed by atoms with Crippen LogP contribution in [0.3, 0.4) is 0 Å². The molecule has 28 heavy (non-hydrogen) atoms.